The third-order valence-corrected chi connectivity index (χ3v) is 4.65. The number of amides is 1. The Kier molecular flexibility index (Phi) is 7.47. The van der Waals surface area contributed by atoms with Gasteiger partial charge in [0.05, 0.1) is 11.6 Å². The highest BCUT2D eigenvalue weighted by molar-refractivity contribution is 5.85. The van der Waals surface area contributed by atoms with Gasteiger partial charge < -0.3 is 10.2 Å². The first-order valence-electron chi connectivity index (χ1n) is 8.79. The summed E-state index contributed by atoms with van der Waals surface area (Å²) in [7, 11) is 1.92. The predicted molar refractivity (Wildman–Crippen MR) is 103 cm³/mol. The number of carbonyl (C=O) groups is 1. The van der Waals surface area contributed by atoms with Crippen LogP contribution in [0.4, 0.5) is 0 Å². The molecular formula is C19H27ClN4O. The van der Waals surface area contributed by atoms with Crippen molar-refractivity contribution in [3.05, 3.63) is 42.1 Å². The van der Waals surface area contributed by atoms with Crippen LogP contribution in [0, 0.1) is 5.92 Å². The third-order valence-electron chi connectivity index (χ3n) is 4.65. The lowest BCUT2D eigenvalue weighted by Gasteiger charge is -2.30. The molecule has 5 nitrogen and oxygen atoms in total. The van der Waals surface area contributed by atoms with Gasteiger partial charge in [-0.25, -0.2) is 0 Å². The largest absolute Gasteiger partial charge is 0.345 e. The molecule has 3 rings (SSSR count). The van der Waals surface area contributed by atoms with Crippen LogP contribution in [-0.4, -0.2) is 47.7 Å². The maximum absolute atomic E-state index is 12.0. The summed E-state index contributed by atoms with van der Waals surface area (Å²) in [6, 6.07) is 12.4. The Hall–Kier alpha value is -1.85. The van der Waals surface area contributed by atoms with E-state index >= 15 is 0 Å². The highest BCUT2D eigenvalue weighted by atomic mass is 35.5. The fourth-order valence-corrected chi connectivity index (χ4v) is 2.97. The number of H-pyrrole nitrogens is 1. The first-order valence-corrected chi connectivity index (χ1v) is 8.79. The van der Waals surface area contributed by atoms with Crippen LogP contribution in [0.3, 0.4) is 0 Å². The molecular weight excluding hydrogens is 336 g/mol. The molecule has 2 N–H and O–H groups in total. The van der Waals surface area contributed by atoms with Crippen molar-refractivity contribution in [3.63, 3.8) is 0 Å². The van der Waals surface area contributed by atoms with Crippen LogP contribution in [-0.2, 0) is 11.2 Å². The van der Waals surface area contributed by atoms with E-state index in [1.807, 2.05) is 30.1 Å². The third kappa shape index (κ3) is 5.31. The smallest absolute Gasteiger partial charge is 0.227 e. The van der Waals surface area contributed by atoms with E-state index in [-0.39, 0.29) is 24.2 Å². The van der Waals surface area contributed by atoms with E-state index in [1.165, 1.54) is 5.69 Å². The van der Waals surface area contributed by atoms with Crippen molar-refractivity contribution in [2.24, 2.45) is 5.92 Å². The summed E-state index contributed by atoms with van der Waals surface area (Å²) in [4.78, 5) is 13.9. The Morgan fingerprint density at radius 1 is 1.20 bits per heavy atom. The number of aromatic nitrogens is 2. The normalized spacial score (nSPS) is 13.8. The summed E-state index contributed by atoms with van der Waals surface area (Å²) in [5, 5.41) is 10.7. The highest BCUT2D eigenvalue weighted by Crippen LogP contribution is 2.18. The standard InChI is InChI=1S/C19H26N4O.ClH/c1-23(19(24)16-13-20-14-16)11-7-3-6-10-17-12-18(22-21-17)15-8-4-2-5-9-15;/h2,4-5,8-9,12,16,20H,3,6-7,10-11,13-14H2,1H3,(H,21,22);1H. The van der Waals surface area contributed by atoms with Crippen molar-refractivity contribution in [2.45, 2.75) is 25.7 Å². The molecule has 0 spiro atoms. The van der Waals surface area contributed by atoms with E-state index in [0.717, 1.165) is 56.6 Å². The van der Waals surface area contributed by atoms with Crippen LogP contribution >= 0.6 is 12.4 Å². The SMILES string of the molecule is CN(CCCCCc1cc(-c2ccccc2)n[nH]1)C(=O)C1CNC1.Cl. The van der Waals surface area contributed by atoms with Crippen molar-refractivity contribution >= 4 is 18.3 Å². The van der Waals surface area contributed by atoms with Gasteiger partial charge >= 0.3 is 0 Å². The predicted octanol–water partition coefficient (Wildman–Crippen LogP) is 2.89. The average Bonchev–Trinajstić information content (AvgIpc) is 3.02. The van der Waals surface area contributed by atoms with Gasteiger partial charge in [0.25, 0.3) is 0 Å². The van der Waals surface area contributed by atoms with E-state index in [2.05, 4.69) is 33.7 Å². The number of carbonyl (C=O) groups excluding carboxylic acids is 1. The molecule has 25 heavy (non-hydrogen) atoms. The second-order valence-corrected chi connectivity index (χ2v) is 6.57. The molecule has 0 atom stereocenters. The molecule has 0 saturated carbocycles. The van der Waals surface area contributed by atoms with E-state index in [0.29, 0.717) is 0 Å². The van der Waals surface area contributed by atoms with Gasteiger partial charge in [-0.15, -0.1) is 12.4 Å². The fraction of sp³-hybridized carbons (Fsp3) is 0.474. The van der Waals surface area contributed by atoms with Gasteiger partial charge in [-0.05, 0) is 25.3 Å². The van der Waals surface area contributed by atoms with Crippen molar-refractivity contribution in [1.82, 2.24) is 20.4 Å². The van der Waals surface area contributed by atoms with Gasteiger partial charge in [-0.1, -0.05) is 36.8 Å². The molecule has 136 valence electrons. The van der Waals surface area contributed by atoms with Crippen LogP contribution in [0.1, 0.15) is 25.0 Å². The molecule has 1 aromatic heterocycles. The number of nitrogens with zero attached hydrogens (tertiary/aromatic N) is 2. The summed E-state index contributed by atoms with van der Waals surface area (Å²) >= 11 is 0. The van der Waals surface area contributed by atoms with Gasteiger partial charge in [0.2, 0.25) is 5.91 Å². The second kappa shape index (κ2) is 9.59. The van der Waals surface area contributed by atoms with E-state index < -0.39 is 0 Å². The summed E-state index contributed by atoms with van der Waals surface area (Å²) in [6.45, 7) is 2.53. The van der Waals surface area contributed by atoms with Gasteiger partial charge in [0.1, 0.15) is 0 Å². The summed E-state index contributed by atoms with van der Waals surface area (Å²) in [6.07, 6.45) is 4.30. The minimum atomic E-state index is 0. The molecule has 0 aliphatic carbocycles. The number of halogens is 1. The second-order valence-electron chi connectivity index (χ2n) is 6.57. The zero-order valence-corrected chi connectivity index (χ0v) is 15.5. The number of nitrogens with one attached hydrogen (secondary N) is 2. The molecule has 2 heterocycles. The zero-order chi connectivity index (χ0) is 16.8. The fourth-order valence-electron chi connectivity index (χ4n) is 2.97. The highest BCUT2D eigenvalue weighted by Gasteiger charge is 2.27. The zero-order valence-electron chi connectivity index (χ0n) is 14.7. The maximum Gasteiger partial charge on any atom is 0.227 e. The molecule has 0 bridgehead atoms. The van der Waals surface area contributed by atoms with Crippen LogP contribution in [0.2, 0.25) is 0 Å². The minimum absolute atomic E-state index is 0. The Balaban J connectivity index is 0.00000225. The molecule has 0 unspecified atom stereocenters. The Morgan fingerprint density at radius 3 is 2.64 bits per heavy atom. The first kappa shape index (κ1) is 19.5. The van der Waals surface area contributed by atoms with Crippen LogP contribution < -0.4 is 5.32 Å². The van der Waals surface area contributed by atoms with Crippen LogP contribution in [0.5, 0.6) is 0 Å². The quantitative estimate of drug-likeness (QED) is 0.710. The molecule has 1 aliphatic rings. The molecule has 0 radical (unpaired) electrons. The molecule has 1 amide bonds. The Labute approximate surface area is 155 Å². The minimum Gasteiger partial charge on any atom is -0.345 e. The van der Waals surface area contributed by atoms with Crippen molar-refractivity contribution < 1.29 is 4.79 Å². The maximum atomic E-state index is 12.0. The number of rotatable bonds is 8. The van der Waals surface area contributed by atoms with Gasteiger partial charge in [-0.3, -0.25) is 9.89 Å². The van der Waals surface area contributed by atoms with Gasteiger partial charge in [0.15, 0.2) is 0 Å². The topological polar surface area (TPSA) is 61.0 Å². The molecule has 1 aromatic carbocycles. The monoisotopic (exact) mass is 362 g/mol. The molecule has 1 saturated heterocycles. The molecule has 1 fully saturated rings. The van der Waals surface area contributed by atoms with Gasteiger partial charge in [0, 0.05) is 37.9 Å². The average molecular weight is 363 g/mol. The van der Waals surface area contributed by atoms with Crippen molar-refractivity contribution in [3.8, 4) is 11.3 Å². The number of hydrogen-bond donors (Lipinski definition) is 2. The lowest BCUT2D eigenvalue weighted by atomic mass is 10.0. The lowest BCUT2D eigenvalue weighted by Crippen LogP contribution is -2.51. The molecule has 6 heteroatoms. The number of aromatic amines is 1. The number of benzene rings is 1. The van der Waals surface area contributed by atoms with Crippen LogP contribution in [0.15, 0.2) is 36.4 Å². The molecule has 1 aliphatic heterocycles. The van der Waals surface area contributed by atoms with E-state index in [4.69, 9.17) is 0 Å². The van der Waals surface area contributed by atoms with Gasteiger partial charge in [-0.2, -0.15) is 5.10 Å². The van der Waals surface area contributed by atoms with Crippen LogP contribution in [0.25, 0.3) is 11.3 Å². The van der Waals surface area contributed by atoms with E-state index in [9.17, 15) is 4.79 Å². The summed E-state index contributed by atoms with van der Waals surface area (Å²) < 4.78 is 0. The van der Waals surface area contributed by atoms with Crippen molar-refractivity contribution in [1.29, 1.82) is 0 Å². The molecule has 2 aromatic rings. The number of unbranched alkanes of at least 4 members (excludes halogenated alkanes) is 2. The van der Waals surface area contributed by atoms with Crippen molar-refractivity contribution in [2.75, 3.05) is 26.7 Å². The number of hydrogen-bond acceptors (Lipinski definition) is 3. The first-order chi connectivity index (χ1) is 11.7. The Bertz CT molecular complexity index is 654. The Morgan fingerprint density at radius 2 is 1.96 bits per heavy atom. The number of aryl methyl sites for hydroxylation is 1. The van der Waals surface area contributed by atoms with E-state index in [1.54, 1.807) is 0 Å². The summed E-state index contributed by atoms with van der Waals surface area (Å²) in [5.41, 5.74) is 3.33. The lowest BCUT2D eigenvalue weighted by molar-refractivity contribution is -0.135. The summed E-state index contributed by atoms with van der Waals surface area (Å²) in [5.74, 6) is 0.492.